The summed E-state index contributed by atoms with van der Waals surface area (Å²) in [7, 11) is 0. The van der Waals surface area contributed by atoms with Gasteiger partial charge in [0, 0.05) is 0 Å². The van der Waals surface area contributed by atoms with Crippen molar-refractivity contribution in [3.05, 3.63) is 0 Å². The fourth-order valence-corrected chi connectivity index (χ4v) is 1.18. The van der Waals surface area contributed by atoms with Gasteiger partial charge in [-0.2, -0.15) is 0 Å². The molecule has 0 heterocycles. The summed E-state index contributed by atoms with van der Waals surface area (Å²) in [5.74, 6) is -0.258. The van der Waals surface area contributed by atoms with Gasteiger partial charge in [-0.3, -0.25) is 0 Å². The van der Waals surface area contributed by atoms with Crippen LogP contribution in [0.5, 0.6) is 0 Å². The van der Waals surface area contributed by atoms with E-state index in [1.165, 1.54) is 6.92 Å². The third-order valence-corrected chi connectivity index (χ3v) is 2.32. The quantitative estimate of drug-likeness (QED) is 0.403. The normalized spacial score (nSPS) is 8.56. The summed E-state index contributed by atoms with van der Waals surface area (Å²) >= 11 is -1.29. The third-order valence-electron chi connectivity index (χ3n) is 0.729. The van der Waals surface area contributed by atoms with Gasteiger partial charge in [0.25, 0.3) is 0 Å². The monoisotopic (exact) mass is 237 g/mol. The van der Waals surface area contributed by atoms with Crippen LogP contribution in [0.15, 0.2) is 0 Å². The maximum atomic E-state index is 10.1. The zero-order valence-electron chi connectivity index (χ0n) is 5.35. The minimum atomic E-state index is -1.29. The number of esters is 1. The zero-order chi connectivity index (χ0) is 7.11. The van der Waals surface area contributed by atoms with E-state index in [-0.39, 0.29) is 5.97 Å². The summed E-state index contributed by atoms with van der Waals surface area (Å²) in [6.45, 7) is 1.80. The molecule has 0 bridgehead atoms. The molecule has 0 saturated carbocycles. The Bertz CT molecular complexity index is 102. The molecule has 0 saturated heterocycles. The van der Waals surface area contributed by atoms with Crippen LogP contribution in [0.4, 0.5) is 0 Å². The fourth-order valence-electron chi connectivity index (χ4n) is 0.360. The first-order chi connectivity index (χ1) is 4.27. The van der Waals surface area contributed by atoms with Gasteiger partial charge in [-0.05, 0) is 0 Å². The number of carbonyl (C=O) groups is 1. The van der Waals surface area contributed by atoms with Gasteiger partial charge in [0.15, 0.2) is 0 Å². The molecular weight excluding hydrogens is 227 g/mol. The number of hydrogen-bond donors (Lipinski definition) is 0. The van der Waals surface area contributed by atoms with E-state index in [9.17, 15) is 7.87 Å². The molecule has 3 nitrogen and oxygen atoms in total. The van der Waals surface area contributed by atoms with Gasteiger partial charge >= 0.3 is 64.1 Å². The second-order valence-electron chi connectivity index (χ2n) is 1.59. The Hall–Kier alpha value is 0.0687. The van der Waals surface area contributed by atoms with Crippen LogP contribution in [0.2, 0.25) is 4.44 Å². The van der Waals surface area contributed by atoms with E-state index < -0.39 is 21.1 Å². The van der Waals surface area contributed by atoms with Gasteiger partial charge in [0.05, 0.1) is 0 Å². The molecule has 0 aliphatic rings. The van der Waals surface area contributed by atoms with Crippen LogP contribution in [-0.4, -0.2) is 33.7 Å². The van der Waals surface area contributed by atoms with Crippen molar-refractivity contribution < 1.29 is 12.6 Å². The van der Waals surface area contributed by atoms with Crippen LogP contribution in [0, 0.1) is 0 Å². The van der Waals surface area contributed by atoms with Crippen molar-refractivity contribution in [1.29, 1.82) is 0 Å². The molecule has 9 heavy (non-hydrogen) atoms. The van der Waals surface area contributed by atoms with Crippen LogP contribution < -0.4 is 0 Å². The first-order valence-electron chi connectivity index (χ1n) is 2.75. The van der Waals surface area contributed by atoms with E-state index in [0.717, 1.165) is 10.9 Å². The predicted molar refractivity (Wildman–Crippen MR) is 32.5 cm³/mol. The van der Waals surface area contributed by atoms with Crippen LogP contribution >= 0.6 is 0 Å². The standard InChI is InChI=1S/C5H9O2.O.Sn/c1-3-4-7-5(2)6;;/h1,3-4H2,2H3;;. The molecule has 0 aliphatic heterocycles. The Kier molecular flexibility index (Phi) is 6.24. The van der Waals surface area contributed by atoms with Crippen molar-refractivity contribution in [3.8, 4) is 0 Å². The summed E-state index contributed by atoms with van der Waals surface area (Å²) < 4.78 is 15.4. The zero-order valence-corrected chi connectivity index (χ0v) is 8.20. The Morgan fingerprint density at radius 1 is 1.67 bits per heavy atom. The van der Waals surface area contributed by atoms with Crippen molar-refractivity contribution in [2.45, 2.75) is 17.8 Å². The van der Waals surface area contributed by atoms with E-state index in [1.54, 1.807) is 0 Å². The topological polar surface area (TPSA) is 43.4 Å². The Balaban J connectivity index is 2.91. The number of carbonyl (C=O) groups excluding carboxylic acids is 1. The molecule has 0 aromatic heterocycles. The Morgan fingerprint density at radius 3 is 2.78 bits per heavy atom. The van der Waals surface area contributed by atoms with Gasteiger partial charge < -0.3 is 0 Å². The molecular formula is C5H9O3Sn. The van der Waals surface area contributed by atoms with Crippen LogP contribution in [-0.2, 0) is 12.6 Å². The van der Waals surface area contributed by atoms with E-state index in [4.69, 9.17) is 0 Å². The van der Waals surface area contributed by atoms with Crippen molar-refractivity contribution >= 4 is 27.1 Å². The van der Waals surface area contributed by atoms with Gasteiger partial charge in [-0.15, -0.1) is 0 Å². The minimum absolute atomic E-state index is 0.258. The Morgan fingerprint density at radius 2 is 2.33 bits per heavy atom. The van der Waals surface area contributed by atoms with E-state index in [2.05, 4.69) is 4.74 Å². The SMILES string of the molecule is CC(=O)OCC[CH2][Sn]=[O]. The molecule has 0 rings (SSSR count). The average Bonchev–Trinajstić information content (AvgIpc) is 1.80. The van der Waals surface area contributed by atoms with Gasteiger partial charge in [0.1, 0.15) is 0 Å². The first kappa shape index (κ1) is 9.07. The second kappa shape index (κ2) is 6.19. The van der Waals surface area contributed by atoms with Crippen molar-refractivity contribution in [2.24, 2.45) is 0 Å². The van der Waals surface area contributed by atoms with Crippen LogP contribution in [0.3, 0.4) is 0 Å². The number of hydrogen-bond acceptors (Lipinski definition) is 3. The molecule has 0 aromatic carbocycles. The molecule has 0 fully saturated rings. The molecule has 0 atom stereocenters. The first-order valence-corrected chi connectivity index (χ1v) is 5.94. The number of ether oxygens (including phenoxy) is 1. The third kappa shape index (κ3) is 8.07. The molecule has 0 aromatic rings. The number of rotatable bonds is 4. The molecule has 0 unspecified atom stereocenters. The molecule has 51 valence electrons. The molecule has 1 radical (unpaired) electrons. The molecule has 0 spiro atoms. The molecule has 0 N–H and O–H groups in total. The Labute approximate surface area is 64.4 Å². The van der Waals surface area contributed by atoms with Gasteiger partial charge in [-0.1, -0.05) is 0 Å². The van der Waals surface area contributed by atoms with Crippen molar-refractivity contribution in [3.63, 3.8) is 0 Å². The van der Waals surface area contributed by atoms with Crippen LogP contribution in [0.1, 0.15) is 13.3 Å². The summed E-state index contributed by atoms with van der Waals surface area (Å²) in [4.78, 5) is 10.1. The fraction of sp³-hybridized carbons (Fsp3) is 0.800. The van der Waals surface area contributed by atoms with Gasteiger partial charge in [-0.25, -0.2) is 0 Å². The second-order valence-corrected chi connectivity index (χ2v) is 3.84. The predicted octanol–water partition coefficient (Wildman–Crippen LogP) is 0.408. The molecule has 0 aliphatic carbocycles. The summed E-state index contributed by atoms with van der Waals surface area (Å²) in [6, 6.07) is 0. The van der Waals surface area contributed by atoms with Gasteiger partial charge in [0.2, 0.25) is 0 Å². The summed E-state index contributed by atoms with van der Waals surface area (Å²) in [5.41, 5.74) is 0. The van der Waals surface area contributed by atoms with Crippen LogP contribution in [0.25, 0.3) is 0 Å². The average molecular weight is 236 g/mol. The maximum absolute atomic E-state index is 10.1. The summed E-state index contributed by atoms with van der Waals surface area (Å²) in [6.07, 6.45) is 0.759. The van der Waals surface area contributed by atoms with E-state index >= 15 is 0 Å². The van der Waals surface area contributed by atoms with Crippen molar-refractivity contribution in [2.75, 3.05) is 6.61 Å². The van der Waals surface area contributed by atoms with E-state index in [1.807, 2.05) is 0 Å². The molecule has 4 heteroatoms. The molecule has 0 amide bonds. The summed E-state index contributed by atoms with van der Waals surface area (Å²) in [5, 5.41) is 0. The van der Waals surface area contributed by atoms with Crippen molar-refractivity contribution in [1.82, 2.24) is 0 Å². The van der Waals surface area contributed by atoms with E-state index in [0.29, 0.717) is 6.61 Å².